The molecule has 1 aliphatic rings. The number of pyridine rings is 1. The van der Waals surface area contributed by atoms with Crippen LogP contribution in [0.4, 0.5) is 26.3 Å². The van der Waals surface area contributed by atoms with E-state index in [2.05, 4.69) is 21.8 Å². The van der Waals surface area contributed by atoms with Gasteiger partial charge in [-0.2, -0.15) is 26.3 Å². The Morgan fingerprint density at radius 2 is 1.74 bits per heavy atom. The SMILES string of the molecule is COc1ccc(C#CCN2CCN(C(=O)c3cc(C(F)(F)F)cc(C(F)(F)F)c3)[C@H](Cc3c[nH]c4ccccc34)C2)cn1. The second-order valence-electron chi connectivity index (χ2n) is 10.1. The summed E-state index contributed by atoms with van der Waals surface area (Å²) in [7, 11) is 1.51. The van der Waals surface area contributed by atoms with Gasteiger partial charge in [0, 0.05) is 66.2 Å². The van der Waals surface area contributed by atoms with E-state index in [0.717, 1.165) is 16.5 Å². The van der Waals surface area contributed by atoms with Gasteiger partial charge in [-0.05, 0) is 42.3 Å². The molecule has 2 aromatic carbocycles. The number of ether oxygens (including phenoxy) is 1. The van der Waals surface area contributed by atoms with E-state index in [1.54, 1.807) is 24.5 Å². The topological polar surface area (TPSA) is 61.5 Å². The van der Waals surface area contributed by atoms with Crippen LogP contribution in [0.1, 0.15) is 32.6 Å². The number of H-pyrrole nitrogens is 1. The zero-order valence-corrected chi connectivity index (χ0v) is 22.9. The average molecular weight is 601 g/mol. The van der Waals surface area contributed by atoms with Gasteiger partial charge in [0.05, 0.1) is 24.8 Å². The molecule has 1 fully saturated rings. The quantitative estimate of drug-likeness (QED) is 0.225. The Kier molecular flexibility index (Phi) is 8.37. The summed E-state index contributed by atoms with van der Waals surface area (Å²) < 4.78 is 86.2. The zero-order valence-electron chi connectivity index (χ0n) is 22.9. The van der Waals surface area contributed by atoms with E-state index >= 15 is 0 Å². The summed E-state index contributed by atoms with van der Waals surface area (Å²) in [5.41, 5.74) is -1.30. The number of benzene rings is 2. The average Bonchev–Trinajstić information content (AvgIpc) is 3.39. The van der Waals surface area contributed by atoms with Crippen LogP contribution in [0.2, 0.25) is 0 Å². The number of carbonyl (C=O) groups excluding carboxylic acids is 1. The monoisotopic (exact) mass is 600 g/mol. The summed E-state index contributed by atoms with van der Waals surface area (Å²) in [4.78, 5) is 24.3. The van der Waals surface area contributed by atoms with E-state index in [4.69, 9.17) is 4.74 Å². The molecule has 43 heavy (non-hydrogen) atoms. The number of carbonyl (C=O) groups is 1. The van der Waals surface area contributed by atoms with Crippen molar-refractivity contribution in [1.82, 2.24) is 19.8 Å². The van der Waals surface area contributed by atoms with Gasteiger partial charge in [0.1, 0.15) is 0 Å². The maximum absolute atomic E-state index is 13.6. The first-order chi connectivity index (χ1) is 20.4. The number of hydrogen-bond acceptors (Lipinski definition) is 4. The lowest BCUT2D eigenvalue weighted by molar-refractivity contribution is -0.143. The molecular formula is C31H26F6N4O2. The van der Waals surface area contributed by atoms with Crippen molar-refractivity contribution in [1.29, 1.82) is 0 Å². The number of halogens is 6. The summed E-state index contributed by atoms with van der Waals surface area (Å²) >= 11 is 0. The van der Waals surface area contributed by atoms with Crippen molar-refractivity contribution >= 4 is 16.8 Å². The smallest absolute Gasteiger partial charge is 0.416 e. The molecule has 0 unspecified atom stereocenters. The molecule has 1 N–H and O–H groups in total. The summed E-state index contributed by atoms with van der Waals surface area (Å²) in [6.07, 6.45) is -6.42. The minimum atomic E-state index is -5.06. The fourth-order valence-electron chi connectivity index (χ4n) is 5.13. The third-order valence-corrected chi connectivity index (χ3v) is 7.27. The van der Waals surface area contributed by atoms with Crippen LogP contribution < -0.4 is 4.74 Å². The van der Waals surface area contributed by atoms with E-state index in [-0.39, 0.29) is 12.6 Å². The fourth-order valence-corrected chi connectivity index (χ4v) is 5.13. The number of hydrogen-bond donors (Lipinski definition) is 1. The highest BCUT2D eigenvalue weighted by Crippen LogP contribution is 2.37. The maximum atomic E-state index is 13.6. The van der Waals surface area contributed by atoms with Crippen LogP contribution in [0.5, 0.6) is 5.88 Å². The van der Waals surface area contributed by atoms with Crippen molar-refractivity contribution in [2.24, 2.45) is 0 Å². The summed E-state index contributed by atoms with van der Waals surface area (Å²) in [6, 6.07) is 11.4. The number of rotatable bonds is 5. The van der Waals surface area contributed by atoms with E-state index in [9.17, 15) is 31.1 Å². The lowest BCUT2D eigenvalue weighted by Gasteiger charge is -2.41. The Hall–Kier alpha value is -4.50. The van der Waals surface area contributed by atoms with Crippen molar-refractivity contribution < 1.29 is 35.9 Å². The molecule has 1 amide bonds. The molecule has 3 heterocycles. The molecule has 0 spiro atoms. The van der Waals surface area contributed by atoms with Crippen LogP contribution in [0, 0.1) is 11.8 Å². The Morgan fingerprint density at radius 1 is 1.02 bits per heavy atom. The number of fused-ring (bicyclic) bond motifs is 1. The van der Waals surface area contributed by atoms with Gasteiger partial charge >= 0.3 is 12.4 Å². The first-order valence-electron chi connectivity index (χ1n) is 13.3. The fraction of sp³-hybridized carbons (Fsp3) is 0.290. The molecule has 0 saturated carbocycles. The Morgan fingerprint density at radius 3 is 2.40 bits per heavy atom. The highest BCUT2D eigenvalue weighted by atomic mass is 19.4. The lowest BCUT2D eigenvalue weighted by Crippen LogP contribution is -2.56. The summed E-state index contributed by atoms with van der Waals surface area (Å²) in [5, 5.41) is 0.914. The molecule has 4 aromatic rings. The molecule has 2 aromatic heterocycles. The molecule has 5 rings (SSSR count). The van der Waals surface area contributed by atoms with Gasteiger partial charge in [0.2, 0.25) is 5.88 Å². The molecule has 1 saturated heterocycles. The number of nitrogens with one attached hydrogen (secondary N) is 1. The van der Waals surface area contributed by atoms with Gasteiger partial charge in [-0.15, -0.1) is 0 Å². The van der Waals surface area contributed by atoms with Crippen LogP contribution >= 0.6 is 0 Å². The van der Waals surface area contributed by atoms with Gasteiger partial charge < -0.3 is 14.6 Å². The van der Waals surface area contributed by atoms with E-state index in [1.807, 2.05) is 29.2 Å². The molecule has 0 radical (unpaired) electrons. The van der Waals surface area contributed by atoms with Crippen molar-refractivity contribution in [3.63, 3.8) is 0 Å². The van der Waals surface area contributed by atoms with E-state index < -0.39 is 41.0 Å². The Labute approximate surface area is 243 Å². The van der Waals surface area contributed by atoms with Crippen molar-refractivity contribution in [3.05, 3.63) is 94.8 Å². The summed E-state index contributed by atoms with van der Waals surface area (Å²) in [6.45, 7) is 1.07. The molecule has 224 valence electrons. The van der Waals surface area contributed by atoms with Crippen LogP contribution in [0.15, 0.2) is 67.0 Å². The van der Waals surface area contributed by atoms with Crippen molar-refractivity contribution in [2.75, 3.05) is 33.3 Å². The number of piperazine rings is 1. The highest BCUT2D eigenvalue weighted by Gasteiger charge is 2.39. The second kappa shape index (κ2) is 12.0. The van der Waals surface area contributed by atoms with Gasteiger partial charge in [0.15, 0.2) is 0 Å². The number of methoxy groups -OCH3 is 1. The van der Waals surface area contributed by atoms with Crippen LogP contribution in [-0.2, 0) is 18.8 Å². The van der Waals surface area contributed by atoms with Gasteiger partial charge in [-0.25, -0.2) is 4.98 Å². The first-order valence-corrected chi connectivity index (χ1v) is 13.3. The molecule has 12 heteroatoms. The normalized spacial score (nSPS) is 16.2. The molecule has 0 aliphatic carbocycles. The van der Waals surface area contributed by atoms with Crippen molar-refractivity contribution in [2.45, 2.75) is 24.8 Å². The van der Waals surface area contributed by atoms with Gasteiger partial charge in [-0.1, -0.05) is 30.0 Å². The van der Waals surface area contributed by atoms with E-state index in [0.29, 0.717) is 49.6 Å². The van der Waals surface area contributed by atoms with Crippen LogP contribution in [-0.4, -0.2) is 65.0 Å². The first kappa shape index (κ1) is 30.0. The Balaban J connectivity index is 1.43. The number of amides is 1. The largest absolute Gasteiger partial charge is 0.481 e. The zero-order chi connectivity index (χ0) is 30.8. The number of aromatic amines is 1. The summed E-state index contributed by atoms with van der Waals surface area (Å²) in [5.74, 6) is 5.66. The predicted octanol–water partition coefficient (Wildman–Crippen LogP) is 6.03. The molecule has 1 aliphatic heterocycles. The highest BCUT2D eigenvalue weighted by molar-refractivity contribution is 5.95. The number of aromatic nitrogens is 2. The van der Waals surface area contributed by atoms with Crippen LogP contribution in [0.3, 0.4) is 0 Å². The lowest BCUT2D eigenvalue weighted by atomic mass is 9.98. The number of alkyl halides is 6. The predicted molar refractivity (Wildman–Crippen MR) is 147 cm³/mol. The van der Waals surface area contributed by atoms with E-state index in [1.165, 1.54) is 12.0 Å². The Bertz CT molecular complexity index is 1640. The standard InChI is InChI=1S/C31H26F6N4O2/c1-43-28-9-8-20(17-39-28)5-4-10-40-11-12-41(25(19-40)15-22-18-38-27-7-3-2-6-26(22)27)29(42)21-13-23(30(32,33)34)16-24(14-21)31(35,36)37/h2-3,6-9,13-14,16-18,25,38H,10-12,15,19H2,1H3/t25-/m1/s1. The third kappa shape index (κ3) is 6.94. The molecule has 6 nitrogen and oxygen atoms in total. The second-order valence-corrected chi connectivity index (χ2v) is 10.1. The maximum Gasteiger partial charge on any atom is 0.416 e. The third-order valence-electron chi connectivity index (χ3n) is 7.27. The minimum absolute atomic E-state index is 0.0230. The van der Waals surface area contributed by atoms with Crippen molar-refractivity contribution in [3.8, 4) is 17.7 Å². The number of nitrogens with zero attached hydrogens (tertiary/aromatic N) is 3. The molecule has 0 bridgehead atoms. The molecule has 1 atom stereocenters. The minimum Gasteiger partial charge on any atom is -0.481 e. The molecular weight excluding hydrogens is 574 g/mol. The van der Waals surface area contributed by atoms with Gasteiger partial charge in [0.25, 0.3) is 5.91 Å². The van der Waals surface area contributed by atoms with Gasteiger partial charge in [-0.3, -0.25) is 9.69 Å². The van der Waals surface area contributed by atoms with Crippen LogP contribution in [0.25, 0.3) is 10.9 Å². The number of para-hydroxylation sites is 1.